The van der Waals surface area contributed by atoms with Crippen LogP contribution in [0.5, 0.6) is 0 Å². The van der Waals surface area contributed by atoms with Gasteiger partial charge in [0.15, 0.2) is 0 Å². The summed E-state index contributed by atoms with van der Waals surface area (Å²) in [5, 5.41) is 15.1. The van der Waals surface area contributed by atoms with E-state index in [2.05, 4.69) is 25.4 Å². The van der Waals surface area contributed by atoms with E-state index in [0.29, 0.717) is 12.6 Å². The standard InChI is InChI=1S/C18H23N5O/c24-18(20-14-9-10-14)17(13-6-2-1-3-7-13)19-12-16-22-21-15-8-4-5-11-23(15)16/h1-3,6-7,14,17,19H,4-5,8-12H2,(H,20,24). The van der Waals surface area contributed by atoms with Crippen LogP contribution in [0, 0.1) is 0 Å². The maximum atomic E-state index is 12.6. The second-order valence-corrected chi connectivity index (χ2v) is 6.65. The van der Waals surface area contributed by atoms with Gasteiger partial charge in [-0.1, -0.05) is 30.3 Å². The molecule has 1 amide bonds. The average molecular weight is 325 g/mol. The highest BCUT2D eigenvalue weighted by Crippen LogP contribution is 2.22. The predicted octanol–water partition coefficient (Wildman–Crippen LogP) is 1.72. The van der Waals surface area contributed by atoms with Crippen molar-refractivity contribution in [3.63, 3.8) is 0 Å². The van der Waals surface area contributed by atoms with Crippen molar-refractivity contribution < 1.29 is 4.79 Å². The minimum atomic E-state index is -0.358. The Morgan fingerprint density at radius 3 is 2.83 bits per heavy atom. The van der Waals surface area contributed by atoms with Crippen molar-refractivity contribution in [3.8, 4) is 0 Å². The van der Waals surface area contributed by atoms with Crippen LogP contribution >= 0.6 is 0 Å². The number of nitrogens with zero attached hydrogens (tertiary/aromatic N) is 3. The van der Waals surface area contributed by atoms with Crippen LogP contribution in [0.15, 0.2) is 30.3 Å². The van der Waals surface area contributed by atoms with E-state index in [4.69, 9.17) is 0 Å². The summed E-state index contributed by atoms with van der Waals surface area (Å²) in [5.74, 6) is 2.03. The van der Waals surface area contributed by atoms with Crippen LogP contribution in [-0.4, -0.2) is 26.7 Å². The molecule has 2 aromatic rings. The number of aryl methyl sites for hydroxylation is 1. The van der Waals surface area contributed by atoms with Gasteiger partial charge >= 0.3 is 0 Å². The molecular formula is C18H23N5O. The normalized spacial score (nSPS) is 18.0. The van der Waals surface area contributed by atoms with Gasteiger partial charge in [-0.2, -0.15) is 0 Å². The Bertz CT molecular complexity index is 707. The maximum Gasteiger partial charge on any atom is 0.241 e. The second-order valence-electron chi connectivity index (χ2n) is 6.65. The topological polar surface area (TPSA) is 71.8 Å². The van der Waals surface area contributed by atoms with E-state index in [-0.39, 0.29) is 11.9 Å². The number of amides is 1. The number of benzene rings is 1. The molecule has 2 N–H and O–H groups in total. The lowest BCUT2D eigenvalue weighted by Gasteiger charge is -2.20. The Kier molecular flexibility index (Phi) is 4.30. The molecule has 0 bridgehead atoms. The first kappa shape index (κ1) is 15.3. The molecule has 126 valence electrons. The van der Waals surface area contributed by atoms with Crippen LogP contribution in [0.3, 0.4) is 0 Å². The molecule has 2 aliphatic rings. The van der Waals surface area contributed by atoms with Crippen molar-refractivity contribution in [2.45, 2.75) is 57.3 Å². The third-order valence-electron chi connectivity index (χ3n) is 4.72. The van der Waals surface area contributed by atoms with Crippen LogP contribution < -0.4 is 10.6 Å². The fourth-order valence-electron chi connectivity index (χ4n) is 3.21. The molecule has 6 heteroatoms. The zero-order valence-electron chi connectivity index (χ0n) is 13.7. The lowest BCUT2D eigenvalue weighted by Crippen LogP contribution is -2.38. The zero-order chi connectivity index (χ0) is 16.4. The molecule has 1 saturated carbocycles. The smallest absolute Gasteiger partial charge is 0.241 e. The molecule has 4 rings (SSSR count). The van der Waals surface area contributed by atoms with Gasteiger partial charge in [-0.3, -0.25) is 10.1 Å². The molecule has 1 unspecified atom stereocenters. The summed E-state index contributed by atoms with van der Waals surface area (Å²) < 4.78 is 2.19. The number of rotatable bonds is 6. The van der Waals surface area contributed by atoms with Gasteiger partial charge in [0.2, 0.25) is 5.91 Å². The molecule has 1 fully saturated rings. The summed E-state index contributed by atoms with van der Waals surface area (Å²) in [6.07, 6.45) is 5.53. The number of aromatic nitrogens is 3. The summed E-state index contributed by atoms with van der Waals surface area (Å²) in [6.45, 7) is 1.52. The molecule has 1 aromatic heterocycles. The molecular weight excluding hydrogens is 302 g/mol. The molecule has 1 atom stereocenters. The number of nitrogens with one attached hydrogen (secondary N) is 2. The van der Waals surface area contributed by atoms with Gasteiger partial charge in [0.05, 0.1) is 6.54 Å². The van der Waals surface area contributed by atoms with Crippen LogP contribution in [0.25, 0.3) is 0 Å². The number of hydrogen-bond donors (Lipinski definition) is 2. The van der Waals surface area contributed by atoms with Gasteiger partial charge in [-0.15, -0.1) is 10.2 Å². The van der Waals surface area contributed by atoms with Crippen molar-refractivity contribution in [1.82, 2.24) is 25.4 Å². The minimum absolute atomic E-state index is 0.0436. The molecule has 1 aromatic carbocycles. The van der Waals surface area contributed by atoms with Crippen LogP contribution in [0.1, 0.15) is 48.9 Å². The van der Waals surface area contributed by atoms with Gasteiger partial charge < -0.3 is 9.88 Å². The van der Waals surface area contributed by atoms with E-state index in [9.17, 15) is 4.79 Å². The van der Waals surface area contributed by atoms with Gasteiger partial charge in [-0.05, 0) is 31.2 Å². The molecule has 1 aliphatic heterocycles. The SMILES string of the molecule is O=C(NC1CC1)C(NCc1nnc2n1CCCC2)c1ccccc1. The highest BCUT2D eigenvalue weighted by atomic mass is 16.2. The lowest BCUT2D eigenvalue weighted by atomic mass is 10.1. The first-order valence-electron chi connectivity index (χ1n) is 8.81. The van der Waals surface area contributed by atoms with E-state index in [0.717, 1.165) is 43.0 Å². The summed E-state index contributed by atoms with van der Waals surface area (Å²) in [6, 6.07) is 9.87. The molecule has 6 nitrogen and oxygen atoms in total. The van der Waals surface area contributed by atoms with E-state index in [1.165, 1.54) is 12.8 Å². The van der Waals surface area contributed by atoms with Crippen LogP contribution in [-0.2, 0) is 24.3 Å². The van der Waals surface area contributed by atoms with E-state index < -0.39 is 0 Å². The van der Waals surface area contributed by atoms with Crippen LogP contribution in [0.2, 0.25) is 0 Å². The monoisotopic (exact) mass is 325 g/mol. The minimum Gasteiger partial charge on any atom is -0.352 e. The third kappa shape index (κ3) is 3.33. The van der Waals surface area contributed by atoms with Gasteiger partial charge in [0.25, 0.3) is 0 Å². The highest BCUT2D eigenvalue weighted by Gasteiger charge is 2.28. The first-order chi connectivity index (χ1) is 11.8. The fourth-order valence-corrected chi connectivity index (χ4v) is 3.21. The van der Waals surface area contributed by atoms with Crippen molar-refractivity contribution in [1.29, 1.82) is 0 Å². The van der Waals surface area contributed by atoms with Gasteiger partial charge in [0.1, 0.15) is 17.7 Å². The van der Waals surface area contributed by atoms with Gasteiger partial charge in [0, 0.05) is 19.0 Å². The summed E-state index contributed by atoms with van der Waals surface area (Å²) in [7, 11) is 0. The third-order valence-corrected chi connectivity index (χ3v) is 4.72. The summed E-state index contributed by atoms with van der Waals surface area (Å²) in [4.78, 5) is 12.6. The Morgan fingerprint density at radius 2 is 2.04 bits per heavy atom. The van der Waals surface area contributed by atoms with Crippen molar-refractivity contribution >= 4 is 5.91 Å². The van der Waals surface area contributed by atoms with Crippen molar-refractivity contribution in [2.75, 3.05) is 0 Å². The molecule has 0 saturated heterocycles. The van der Waals surface area contributed by atoms with Crippen molar-refractivity contribution in [3.05, 3.63) is 47.5 Å². The highest BCUT2D eigenvalue weighted by molar-refractivity contribution is 5.83. The van der Waals surface area contributed by atoms with Gasteiger partial charge in [-0.25, -0.2) is 0 Å². The van der Waals surface area contributed by atoms with E-state index >= 15 is 0 Å². The van der Waals surface area contributed by atoms with Crippen LogP contribution in [0.4, 0.5) is 0 Å². The largest absolute Gasteiger partial charge is 0.352 e. The van der Waals surface area contributed by atoms with E-state index in [1.54, 1.807) is 0 Å². The lowest BCUT2D eigenvalue weighted by molar-refractivity contribution is -0.123. The molecule has 24 heavy (non-hydrogen) atoms. The average Bonchev–Trinajstić information content (AvgIpc) is 3.34. The number of carbonyl (C=O) groups is 1. The van der Waals surface area contributed by atoms with E-state index in [1.807, 2.05) is 30.3 Å². The zero-order valence-corrected chi connectivity index (χ0v) is 13.7. The predicted molar refractivity (Wildman–Crippen MR) is 90.1 cm³/mol. The Balaban J connectivity index is 1.49. The number of hydrogen-bond acceptors (Lipinski definition) is 4. The molecule has 2 heterocycles. The second kappa shape index (κ2) is 6.73. The molecule has 1 aliphatic carbocycles. The quantitative estimate of drug-likeness (QED) is 0.848. The Labute approximate surface area is 141 Å². The summed E-state index contributed by atoms with van der Waals surface area (Å²) in [5.41, 5.74) is 0.981. The number of fused-ring (bicyclic) bond motifs is 1. The first-order valence-corrected chi connectivity index (χ1v) is 8.81. The Hall–Kier alpha value is -2.21. The summed E-state index contributed by atoms with van der Waals surface area (Å²) >= 11 is 0. The van der Waals surface area contributed by atoms with Crippen molar-refractivity contribution in [2.24, 2.45) is 0 Å². The molecule has 0 radical (unpaired) electrons. The fraction of sp³-hybridized carbons (Fsp3) is 0.500. The Morgan fingerprint density at radius 1 is 1.21 bits per heavy atom. The number of carbonyl (C=O) groups excluding carboxylic acids is 1. The maximum absolute atomic E-state index is 12.6. The molecule has 0 spiro atoms.